The molecule has 8 nitrogen and oxygen atoms in total. The number of nitrogens with one attached hydrogen (secondary N) is 1. The third-order valence-corrected chi connectivity index (χ3v) is 8.32. The van der Waals surface area contributed by atoms with Crippen molar-refractivity contribution in [2.24, 2.45) is 5.92 Å². The first-order valence-corrected chi connectivity index (χ1v) is 13.5. The number of nitrogens with zero attached hydrogens (tertiary/aromatic N) is 2. The molecular formula is C30H24Cl2F3N3O5. The Kier molecular flexibility index (Phi) is 7.82. The average Bonchev–Trinajstić information content (AvgIpc) is 3.19. The lowest BCUT2D eigenvalue weighted by molar-refractivity contribution is -0.139. The quantitative estimate of drug-likeness (QED) is 0.280. The van der Waals surface area contributed by atoms with Crippen molar-refractivity contribution in [2.45, 2.75) is 23.9 Å². The number of rotatable bonds is 7. The van der Waals surface area contributed by atoms with Crippen LogP contribution in [0.4, 0.5) is 19.0 Å². The van der Waals surface area contributed by atoms with E-state index in [9.17, 15) is 27.9 Å². The fourth-order valence-electron chi connectivity index (χ4n) is 5.89. The third-order valence-electron chi connectivity index (χ3n) is 7.78. The molecule has 1 aliphatic carbocycles. The number of hydrazine groups is 1. The number of phenolic OH excluding ortho intramolecular Hbond substituents is 1. The number of pyridine rings is 1. The number of phenols is 1. The van der Waals surface area contributed by atoms with Gasteiger partial charge < -0.3 is 14.6 Å². The number of allylic oxidation sites excluding steroid dienone is 3. The normalized spacial score (nSPS) is 21.7. The molecule has 0 spiro atoms. The molecule has 13 heteroatoms. The van der Waals surface area contributed by atoms with Gasteiger partial charge in [-0.1, -0.05) is 54.1 Å². The van der Waals surface area contributed by atoms with E-state index in [0.29, 0.717) is 33.4 Å². The van der Waals surface area contributed by atoms with Crippen LogP contribution in [-0.4, -0.2) is 41.1 Å². The Bertz CT molecular complexity index is 1660. The predicted molar refractivity (Wildman–Crippen MR) is 153 cm³/mol. The summed E-state index contributed by atoms with van der Waals surface area (Å²) in [5.41, 5.74) is 0.864. The van der Waals surface area contributed by atoms with Crippen molar-refractivity contribution >= 4 is 40.8 Å². The second kappa shape index (κ2) is 11.1. The minimum Gasteiger partial charge on any atom is -0.507 e. The predicted octanol–water partition coefficient (Wildman–Crippen LogP) is 6.68. The van der Waals surface area contributed by atoms with Crippen molar-refractivity contribution in [1.29, 1.82) is 0 Å². The van der Waals surface area contributed by atoms with Crippen molar-refractivity contribution < 1.29 is 37.3 Å². The highest BCUT2D eigenvalue weighted by atomic mass is 35.5. The molecule has 1 fully saturated rings. The molecule has 2 amide bonds. The van der Waals surface area contributed by atoms with E-state index < -0.39 is 45.8 Å². The largest absolute Gasteiger partial charge is 0.507 e. The number of anilines is 1. The zero-order valence-corrected chi connectivity index (χ0v) is 24.2. The Balaban J connectivity index is 1.74. The van der Waals surface area contributed by atoms with Crippen LogP contribution in [0.5, 0.6) is 17.2 Å². The van der Waals surface area contributed by atoms with Gasteiger partial charge in [-0.05, 0) is 35.8 Å². The standard InChI is InChI=1S/C30H24Cl2F3N3O5/c1-4-15-5-10-20-27(40)38(37-26-21(32)11-17(14-36-26)30(33,34)35)28(41)29(20,16-6-8-18(31)9-7-16)25(15)24-22(39)12-19(42-2)13-23(24)43-3/h4-9,11-14,20,25,39H,1,10H2,2-3H3,(H,36,37)/t20-,25+,29+/m0/s1. The minimum absolute atomic E-state index is 0.0939. The lowest BCUT2D eigenvalue weighted by Gasteiger charge is -2.43. The monoisotopic (exact) mass is 633 g/mol. The average molecular weight is 634 g/mol. The number of aromatic hydroxyl groups is 1. The lowest BCUT2D eigenvalue weighted by Crippen LogP contribution is -2.48. The van der Waals surface area contributed by atoms with E-state index >= 15 is 0 Å². The number of ether oxygens (including phenoxy) is 2. The van der Waals surface area contributed by atoms with Crippen LogP contribution in [0.2, 0.25) is 10.0 Å². The molecule has 0 bridgehead atoms. The maximum absolute atomic E-state index is 14.7. The number of imide groups is 1. The second-order valence-electron chi connectivity index (χ2n) is 9.91. The van der Waals surface area contributed by atoms with Crippen LogP contribution in [-0.2, 0) is 21.2 Å². The van der Waals surface area contributed by atoms with Gasteiger partial charge in [0.1, 0.15) is 17.2 Å². The number of halogens is 5. The highest BCUT2D eigenvalue weighted by Crippen LogP contribution is 2.60. The van der Waals surface area contributed by atoms with Crippen LogP contribution in [0.25, 0.3) is 0 Å². The molecule has 1 saturated heterocycles. The maximum Gasteiger partial charge on any atom is 0.417 e. The minimum atomic E-state index is -4.71. The highest BCUT2D eigenvalue weighted by Gasteiger charge is 2.66. The molecule has 224 valence electrons. The topological polar surface area (TPSA) is 101 Å². The van der Waals surface area contributed by atoms with E-state index in [0.717, 1.165) is 0 Å². The second-order valence-corrected chi connectivity index (χ2v) is 10.8. The number of amides is 2. The van der Waals surface area contributed by atoms with Gasteiger partial charge in [-0.2, -0.15) is 18.2 Å². The Morgan fingerprint density at radius 3 is 2.42 bits per heavy atom. The Morgan fingerprint density at radius 1 is 1.14 bits per heavy atom. The molecule has 2 heterocycles. The summed E-state index contributed by atoms with van der Waals surface area (Å²) in [6.45, 7) is 3.92. The van der Waals surface area contributed by atoms with Gasteiger partial charge in [0.05, 0.1) is 36.1 Å². The third kappa shape index (κ3) is 4.86. The number of hydrogen-bond donors (Lipinski definition) is 2. The van der Waals surface area contributed by atoms with E-state index in [2.05, 4.69) is 17.0 Å². The molecule has 2 N–H and O–H groups in total. The number of aromatic nitrogens is 1. The van der Waals surface area contributed by atoms with E-state index in [-0.39, 0.29) is 35.1 Å². The summed E-state index contributed by atoms with van der Waals surface area (Å²) in [5.74, 6) is -3.64. The van der Waals surface area contributed by atoms with E-state index in [4.69, 9.17) is 32.7 Å². The molecule has 43 heavy (non-hydrogen) atoms. The number of benzene rings is 2. The van der Waals surface area contributed by atoms with Gasteiger partial charge in [-0.25, -0.2) is 4.98 Å². The van der Waals surface area contributed by atoms with Crippen LogP contribution < -0.4 is 14.9 Å². The summed E-state index contributed by atoms with van der Waals surface area (Å²) in [5, 5.41) is 11.9. The summed E-state index contributed by atoms with van der Waals surface area (Å²) >= 11 is 12.3. The molecule has 0 radical (unpaired) electrons. The first-order valence-electron chi connectivity index (χ1n) is 12.8. The van der Waals surface area contributed by atoms with Gasteiger partial charge in [-0.3, -0.25) is 15.0 Å². The van der Waals surface area contributed by atoms with Crippen molar-refractivity contribution in [1.82, 2.24) is 9.99 Å². The molecule has 5 rings (SSSR count). The molecule has 3 aromatic rings. The number of alkyl halides is 3. The molecular weight excluding hydrogens is 610 g/mol. The number of carbonyl (C=O) groups excluding carboxylic acids is 2. The lowest BCUT2D eigenvalue weighted by atomic mass is 9.55. The zero-order valence-electron chi connectivity index (χ0n) is 22.7. The number of fused-ring (bicyclic) bond motifs is 1. The maximum atomic E-state index is 14.7. The highest BCUT2D eigenvalue weighted by molar-refractivity contribution is 6.33. The van der Waals surface area contributed by atoms with Gasteiger partial charge in [-0.15, -0.1) is 0 Å². The summed E-state index contributed by atoms with van der Waals surface area (Å²) < 4.78 is 50.6. The summed E-state index contributed by atoms with van der Waals surface area (Å²) in [6, 6.07) is 9.90. The van der Waals surface area contributed by atoms with Crippen LogP contribution in [0.3, 0.4) is 0 Å². The van der Waals surface area contributed by atoms with E-state index in [1.54, 1.807) is 30.3 Å². The molecule has 2 aliphatic rings. The molecule has 0 saturated carbocycles. The van der Waals surface area contributed by atoms with E-state index in [1.807, 2.05) is 0 Å². The Labute approximate surface area is 254 Å². The van der Waals surface area contributed by atoms with Gasteiger partial charge >= 0.3 is 6.18 Å². The van der Waals surface area contributed by atoms with Gasteiger partial charge in [0.15, 0.2) is 5.82 Å². The molecule has 0 unspecified atom stereocenters. The molecule has 3 atom stereocenters. The van der Waals surface area contributed by atoms with Crippen molar-refractivity contribution in [3.63, 3.8) is 0 Å². The molecule has 1 aromatic heterocycles. The molecule has 1 aliphatic heterocycles. The van der Waals surface area contributed by atoms with Crippen LogP contribution in [0, 0.1) is 5.92 Å². The number of carbonyl (C=O) groups is 2. The SMILES string of the molecule is C=CC1=CC[C@H]2C(=O)N(Nc3ncc(C(F)(F)F)cc3Cl)C(=O)[C@@]2(c2ccc(Cl)cc2)[C@H]1c1c(O)cc(OC)cc1OC. The summed E-state index contributed by atoms with van der Waals surface area (Å²) in [6.07, 6.45) is -0.790. The van der Waals surface area contributed by atoms with E-state index in [1.165, 1.54) is 32.4 Å². The fourth-order valence-corrected chi connectivity index (χ4v) is 6.23. The summed E-state index contributed by atoms with van der Waals surface area (Å²) in [7, 11) is 2.80. The Morgan fingerprint density at radius 2 is 1.84 bits per heavy atom. The summed E-state index contributed by atoms with van der Waals surface area (Å²) in [4.78, 5) is 32.5. The molecule has 2 aromatic carbocycles. The van der Waals surface area contributed by atoms with Gasteiger partial charge in [0, 0.05) is 34.8 Å². The first-order chi connectivity index (χ1) is 20.4. The van der Waals surface area contributed by atoms with Crippen molar-refractivity contribution in [2.75, 3.05) is 19.6 Å². The smallest absolute Gasteiger partial charge is 0.417 e. The van der Waals surface area contributed by atoms with Crippen molar-refractivity contribution in [3.05, 3.63) is 99.7 Å². The van der Waals surface area contributed by atoms with Crippen LogP contribution >= 0.6 is 23.2 Å². The number of hydrogen-bond acceptors (Lipinski definition) is 7. The van der Waals surface area contributed by atoms with Crippen LogP contribution in [0.15, 0.2) is 73.0 Å². The first kappa shape index (κ1) is 30.2. The van der Waals surface area contributed by atoms with Gasteiger partial charge in [0.2, 0.25) is 0 Å². The zero-order chi connectivity index (χ0) is 31.3. The van der Waals surface area contributed by atoms with Crippen LogP contribution in [0.1, 0.15) is 29.0 Å². The number of methoxy groups -OCH3 is 2. The fraction of sp³-hybridized carbons (Fsp3) is 0.233. The van der Waals surface area contributed by atoms with Gasteiger partial charge in [0.25, 0.3) is 11.8 Å². The van der Waals surface area contributed by atoms with Crippen molar-refractivity contribution in [3.8, 4) is 17.2 Å². The Hall–Kier alpha value is -4.22.